The van der Waals surface area contributed by atoms with Crippen LogP contribution in [-0.4, -0.2) is 47.7 Å². The Morgan fingerprint density at radius 2 is 2.00 bits per heavy atom. The van der Waals surface area contributed by atoms with E-state index in [1.807, 2.05) is 53.4 Å². The Morgan fingerprint density at radius 3 is 2.78 bits per heavy atom. The Balaban J connectivity index is 1.57. The highest BCUT2D eigenvalue weighted by Gasteiger charge is 2.33. The first kappa shape index (κ1) is 17.5. The van der Waals surface area contributed by atoms with Crippen molar-refractivity contribution in [3.63, 3.8) is 0 Å². The first-order chi connectivity index (χ1) is 13.2. The van der Waals surface area contributed by atoms with Gasteiger partial charge in [0.05, 0.1) is 19.7 Å². The van der Waals surface area contributed by atoms with Gasteiger partial charge in [-0.1, -0.05) is 30.3 Å². The number of carbonyl (C=O) groups excluding carboxylic acids is 2. The monoisotopic (exact) mass is 362 g/mol. The summed E-state index contributed by atoms with van der Waals surface area (Å²) in [5.41, 5.74) is 2.25. The summed E-state index contributed by atoms with van der Waals surface area (Å²) in [6.07, 6.45) is 3.46. The molecule has 1 N–H and O–H groups in total. The fraction of sp³-hybridized carbons (Fsp3) is 0.273. The topological polar surface area (TPSA) is 62.4 Å². The number of rotatable bonds is 6. The molecular formula is C22H22N2O3. The largest absolute Gasteiger partial charge is 0.497 e. The molecule has 138 valence electrons. The van der Waals surface area contributed by atoms with E-state index in [2.05, 4.69) is 4.98 Å². The molecule has 1 aromatic heterocycles. The van der Waals surface area contributed by atoms with Crippen LogP contribution in [0, 0.1) is 0 Å². The lowest BCUT2D eigenvalue weighted by Gasteiger charge is -2.22. The molecule has 1 fully saturated rings. The van der Waals surface area contributed by atoms with Gasteiger partial charge < -0.3 is 9.72 Å². The van der Waals surface area contributed by atoms with E-state index in [4.69, 9.17) is 4.74 Å². The number of benzene rings is 2. The average Bonchev–Trinajstić information content (AvgIpc) is 3.34. The summed E-state index contributed by atoms with van der Waals surface area (Å²) in [5.74, 6) is 0.836. The standard InChI is InChI=1S/C22H22N2O3/c1-27-16-9-10-19-17(12-16)18(13-23-19)22(26)20-8-5-11-24(20)14-21(25)15-6-3-2-4-7-15/h2-4,6-7,9-10,12-13,20,23H,5,8,11,14H2,1H3/t20-/m1/s1. The van der Waals surface area contributed by atoms with Gasteiger partial charge in [-0.05, 0) is 37.6 Å². The Hall–Kier alpha value is -2.92. The molecule has 0 aliphatic carbocycles. The summed E-state index contributed by atoms with van der Waals surface area (Å²) in [6.45, 7) is 1.03. The number of aromatic amines is 1. The molecule has 27 heavy (non-hydrogen) atoms. The molecule has 1 aliphatic rings. The molecule has 5 heteroatoms. The van der Waals surface area contributed by atoms with Gasteiger partial charge in [-0.3, -0.25) is 14.5 Å². The van der Waals surface area contributed by atoms with Crippen LogP contribution in [0.5, 0.6) is 5.75 Å². The SMILES string of the molecule is COc1ccc2[nH]cc(C(=O)[C@H]3CCCN3CC(=O)c3ccccc3)c2c1. The van der Waals surface area contributed by atoms with E-state index in [1.165, 1.54) is 0 Å². The summed E-state index contributed by atoms with van der Waals surface area (Å²) in [6, 6.07) is 14.7. The number of carbonyl (C=O) groups is 2. The molecule has 5 nitrogen and oxygen atoms in total. The van der Waals surface area contributed by atoms with E-state index in [1.54, 1.807) is 13.3 Å². The van der Waals surface area contributed by atoms with Crippen molar-refractivity contribution in [3.05, 3.63) is 65.9 Å². The Morgan fingerprint density at radius 1 is 1.19 bits per heavy atom. The van der Waals surface area contributed by atoms with Crippen molar-refractivity contribution in [1.29, 1.82) is 0 Å². The van der Waals surface area contributed by atoms with Crippen LogP contribution in [0.4, 0.5) is 0 Å². The second-order valence-electron chi connectivity index (χ2n) is 6.90. The second kappa shape index (κ2) is 7.37. The number of hydrogen-bond donors (Lipinski definition) is 1. The molecule has 2 aromatic carbocycles. The van der Waals surface area contributed by atoms with Crippen molar-refractivity contribution >= 4 is 22.5 Å². The first-order valence-corrected chi connectivity index (χ1v) is 9.19. The number of likely N-dealkylation sites (tertiary alicyclic amines) is 1. The minimum Gasteiger partial charge on any atom is -0.497 e. The molecule has 0 spiro atoms. The number of ketones is 2. The fourth-order valence-corrected chi connectivity index (χ4v) is 3.82. The van der Waals surface area contributed by atoms with Gasteiger partial charge in [-0.15, -0.1) is 0 Å². The van der Waals surface area contributed by atoms with E-state index >= 15 is 0 Å². The second-order valence-corrected chi connectivity index (χ2v) is 6.90. The van der Waals surface area contributed by atoms with Gasteiger partial charge in [0.2, 0.25) is 0 Å². The lowest BCUT2D eigenvalue weighted by atomic mass is 10.0. The zero-order valence-electron chi connectivity index (χ0n) is 15.3. The number of H-pyrrole nitrogens is 1. The number of methoxy groups -OCH3 is 1. The maximum atomic E-state index is 13.2. The summed E-state index contributed by atoms with van der Waals surface area (Å²) < 4.78 is 5.29. The number of hydrogen-bond acceptors (Lipinski definition) is 4. The van der Waals surface area contributed by atoms with Crippen LogP contribution in [0.3, 0.4) is 0 Å². The third-order valence-corrected chi connectivity index (χ3v) is 5.26. The number of ether oxygens (including phenoxy) is 1. The van der Waals surface area contributed by atoms with Crippen molar-refractivity contribution in [3.8, 4) is 5.75 Å². The molecule has 1 saturated heterocycles. The molecule has 3 aromatic rings. The number of aromatic nitrogens is 1. The van der Waals surface area contributed by atoms with E-state index in [9.17, 15) is 9.59 Å². The molecule has 2 heterocycles. The zero-order chi connectivity index (χ0) is 18.8. The number of nitrogens with one attached hydrogen (secondary N) is 1. The van der Waals surface area contributed by atoms with Crippen LogP contribution in [0.25, 0.3) is 10.9 Å². The Labute approximate surface area is 157 Å². The Kier molecular flexibility index (Phi) is 4.77. The van der Waals surface area contributed by atoms with Gasteiger partial charge in [-0.25, -0.2) is 0 Å². The van der Waals surface area contributed by atoms with Gasteiger partial charge in [-0.2, -0.15) is 0 Å². The van der Waals surface area contributed by atoms with Crippen LogP contribution < -0.4 is 4.74 Å². The highest BCUT2D eigenvalue weighted by atomic mass is 16.5. The van der Waals surface area contributed by atoms with Crippen molar-refractivity contribution in [2.45, 2.75) is 18.9 Å². The summed E-state index contributed by atoms with van der Waals surface area (Å²) in [4.78, 5) is 31.0. The highest BCUT2D eigenvalue weighted by Crippen LogP contribution is 2.28. The predicted octanol–water partition coefficient (Wildman–Crippen LogP) is 3.71. The first-order valence-electron chi connectivity index (χ1n) is 9.19. The fourth-order valence-electron chi connectivity index (χ4n) is 3.82. The van der Waals surface area contributed by atoms with Crippen LogP contribution >= 0.6 is 0 Å². The van der Waals surface area contributed by atoms with E-state index < -0.39 is 0 Å². The average molecular weight is 362 g/mol. The normalized spacial score (nSPS) is 17.3. The lowest BCUT2D eigenvalue weighted by molar-refractivity contribution is 0.0824. The maximum absolute atomic E-state index is 13.2. The third-order valence-electron chi connectivity index (χ3n) is 5.26. The number of fused-ring (bicyclic) bond motifs is 1. The van der Waals surface area contributed by atoms with Crippen LogP contribution in [0.15, 0.2) is 54.7 Å². The van der Waals surface area contributed by atoms with Gasteiger partial charge in [0, 0.05) is 28.2 Å². The molecule has 0 radical (unpaired) electrons. The quantitative estimate of drug-likeness (QED) is 0.679. The summed E-state index contributed by atoms with van der Waals surface area (Å²) >= 11 is 0. The minimum atomic E-state index is -0.261. The van der Waals surface area contributed by atoms with Crippen molar-refractivity contribution in [1.82, 2.24) is 9.88 Å². The van der Waals surface area contributed by atoms with Crippen LogP contribution in [0.1, 0.15) is 33.6 Å². The van der Waals surface area contributed by atoms with E-state index in [-0.39, 0.29) is 24.2 Å². The summed E-state index contributed by atoms with van der Waals surface area (Å²) in [5, 5.41) is 0.862. The zero-order valence-corrected chi connectivity index (χ0v) is 15.3. The lowest BCUT2D eigenvalue weighted by Crippen LogP contribution is -2.39. The van der Waals surface area contributed by atoms with Gasteiger partial charge in [0.15, 0.2) is 11.6 Å². The highest BCUT2D eigenvalue weighted by molar-refractivity contribution is 6.11. The van der Waals surface area contributed by atoms with Crippen molar-refractivity contribution < 1.29 is 14.3 Å². The third kappa shape index (κ3) is 3.38. The van der Waals surface area contributed by atoms with Gasteiger partial charge in [0.1, 0.15) is 5.75 Å². The van der Waals surface area contributed by atoms with Crippen molar-refractivity contribution in [2.75, 3.05) is 20.2 Å². The predicted molar refractivity (Wildman–Crippen MR) is 105 cm³/mol. The van der Waals surface area contributed by atoms with Gasteiger partial charge in [0.25, 0.3) is 0 Å². The maximum Gasteiger partial charge on any atom is 0.182 e. The molecule has 0 saturated carbocycles. The minimum absolute atomic E-state index is 0.0518. The van der Waals surface area contributed by atoms with Crippen LogP contribution in [0.2, 0.25) is 0 Å². The van der Waals surface area contributed by atoms with E-state index in [0.29, 0.717) is 11.1 Å². The van der Waals surface area contributed by atoms with Gasteiger partial charge >= 0.3 is 0 Å². The smallest absolute Gasteiger partial charge is 0.182 e. The van der Waals surface area contributed by atoms with E-state index in [0.717, 1.165) is 36.0 Å². The number of nitrogens with zero attached hydrogens (tertiary/aromatic N) is 1. The summed E-state index contributed by atoms with van der Waals surface area (Å²) in [7, 11) is 1.61. The molecule has 0 bridgehead atoms. The molecule has 1 atom stereocenters. The van der Waals surface area contributed by atoms with Crippen molar-refractivity contribution in [2.24, 2.45) is 0 Å². The Bertz CT molecular complexity index is 978. The molecule has 0 unspecified atom stereocenters. The molecule has 4 rings (SSSR count). The number of Topliss-reactive ketones (excluding diaryl/α,β-unsaturated/α-hetero) is 2. The van der Waals surface area contributed by atoms with Crippen LogP contribution in [-0.2, 0) is 0 Å². The molecule has 0 amide bonds. The molecule has 1 aliphatic heterocycles. The molecular weight excluding hydrogens is 340 g/mol.